The summed E-state index contributed by atoms with van der Waals surface area (Å²) >= 11 is 5.86. The Kier molecular flexibility index (Phi) is 4.04. The SMILES string of the molecule is CNc1cc(C(=O)NC2CCOC2C)cc(Cl)n1. The van der Waals surface area contributed by atoms with Crippen LogP contribution in [0.4, 0.5) is 5.82 Å². The summed E-state index contributed by atoms with van der Waals surface area (Å²) in [7, 11) is 1.73. The molecule has 1 aliphatic rings. The number of anilines is 1. The molecule has 2 unspecified atom stereocenters. The van der Waals surface area contributed by atoms with Crippen molar-refractivity contribution in [2.24, 2.45) is 0 Å². The lowest BCUT2D eigenvalue weighted by atomic mass is 10.1. The Labute approximate surface area is 111 Å². The summed E-state index contributed by atoms with van der Waals surface area (Å²) in [5.74, 6) is 0.418. The van der Waals surface area contributed by atoms with Crippen molar-refractivity contribution < 1.29 is 9.53 Å². The topological polar surface area (TPSA) is 63.2 Å². The van der Waals surface area contributed by atoms with Crippen LogP contribution in [-0.2, 0) is 4.74 Å². The highest BCUT2D eigenvalue weighted by Crippen LogP contribution is 2.16. The number of halogens is 1. The average molecular weight is 270 g/mol. The first kappa shape index (κ1) is 13.1. The summed E-state index contributed by atoms with van der Waals surface area (Å²) in [5, 5.41) is 6.10. The van der Waals surface area contributed by atoms with Crippen LogP contribution in [-0.4, -0.2) is 36.7 Å². The molecule has 1 fully saturated rings. The fourth-order valence-corrected chi connectivity index (χ4v) is 2.14. The third-order valence-electron chi connectivity index (χ3n) is 3.01. The van der Waals surface area contributed by atoms with Gasteiger partial charge in [-0.1, -0.05) is 11.6 Å². The molecule has 1 aliphatic heterocycles. The fraction of sp³-hybridized carbons (Fsp3) is 0.500. The fourth-order valence-electron chi connectivity index (χ4n) is 1.93. The quantitative estimate of drug-likeness (QED) is 0.820. The Balaban J connectivity index is 2.10. The maximum absolute atomic E-state index is 12.1. The van der Waals surface area contributed by atoms with Crippen molar-refractivity contribution in [1.29, 1.82) is 0 Å². The standard InChI is InChI=1S/C12H16ClN3O2/c1-7-9(3-4-18-7)15-12(17)8-5-10(13)16-11(6-8)14-2/h5-7,9H,3-4H2,1-2H3,(H,14,16)(H,15,17). The van der Waals surface area contributed by atoms with Gasteiger partial charge in [-0.2, -0.15) is 0 Å². The lowest BCUT2D eigenvalue weighted by Gasteiger charge is -2.16. The van der Waals surface area contributed by atoms with Crippen LogP contribution in [0.25, 0.3) is 0 Å². The van der Waals surface area contributed by atoms with Crippen molar-refractivity contribution in [2.75, 3.05) is 19.0 Å². The number of amides is 1. The second kappa shape index (κ2) is 5.54. The molecule has 5 nitrogen and oxygen atoms in total. The molecule has 98 valence electrons. The van der Waals surface area contributed by atoms with Crippen molar-refractivity contribution >= 4 is 23.3 Å². The van der Waals surface area contributed by atoms with E-state index >= 15 is 0 Å². The van der Waals surface area contributed by atoms with Crippen molar-refractivity contribution in [3.63, 3.8) is 0 Å². The third kappa shape index (κ3) is 2.91. The van der Waals surface area contributed by atoms with Crippen molar-refractivity contribution in [1.82, 2.24) is 10.3 Å². The van der Waals surface area contributed by atoms with E-state index in [1.807, 2.05) is 6.92 Å². The van der Waals surface area contributed by atoms with Gasteiger partial charge in [-0.05, 0) is 25.5 Å². The largest absolute Gasteiger partial charge is 0.376 e. The average Bonchev–Trinajstić information content (AvgIpc) is 2.74. The van der Waals surface area contributed by atoms with E-state index < -0.39 is 0 Å². The zero-order chi connectivity index (χ0) is 13.1. The van der Waals surface area contributed by atoms with Crippen LogP contribution in [0.15, 0.2) is 12.1 Å². The summed E-state index contributed by atoms with van der Waals surface area (Å²) in [6, 6.07) is 3.28. The molecule has 1 aromatic heterocycles. The van der Waals surface area contributed by atoms with Crippen LogP contribution < -0.4 is 10.6 Å². The highest BCUT2D eigenvalue weighted by Gasteiger charge is 2.26. The van der Waals surface area contributed by atoms with Gasteiger partial charge in [0.15, 0.2) is 0 Å². The lowest BCUT2D eigenvalue weighted by molar-refractivity contribution is 0.0866. The summed E-state index contributed by atoms with van der Waals surface area (Å²) < 4.78 is 5.41. The van der Waals surface area contributed by atoms with Crippen LogP contribution in [0.2, 0.25) is 5.15 Å². The molecule has 0 spiro atoms. The zero-order valence-electron chi connectivity index (χ0n) is 10.4. The van der Waals surface area contributed by atoms with Crippen LogP contribution in [0.5, 0.6) is 0 Å². The van der Waals surface area contributed by atoms with Gasteiger partial charge in [-0.25, -0.2) is 4.98 Å². The third-order valence-corrected chi connectivity index (χ3v) is 3.20. The van der Waals surface area contributed by atoms with Gasteiger partial charge >= 0.3 is 0 Å². The maximum atomic E-state index is 12.1. The Morgan fingerprint density at radius 2 is 2.33 bits per heavy atom. The molecule has 0 bridgehead atoms. The smallest absolute Gasteiger partial charge is 0.251 e. The van der Waals surface area contributed by atoms with Crippen LogP contribution in [0.3, 0.4) is 0 Å². The molecule has 1 amide bonds. The van der Waals surface area contributed by atoms with Crippen molar-refractivity contribution in [2.45, 2.75) is 25.5 Å². The van der Waals surface area contributed by atoms with Crippen LogP contribution in [0.1, 0.15) is 23.7 Å². The van der Waals surface area contributed by atoms with Gasteiger partial charge in [0.2, 0.25) is 0 Å². The number of nitrogens with zero attached hydrogens (tertiary/aromatic N) is 1. The predicted molar refractivity (Wildman–Crippen MR) is 70.1 cm³/mol. The minimum Gasteiger partial charge on any atom is -0.376 e. The number of hydrogen-bond donors (Lipinski definition) is 2. The highest BCUT2D eigenvalue weighted by molar-refractivity contribution is 6.29. The minimum absolute atomic E-state index is 0.0510. The molecule has 1 aromatic rings. The first-order valence-electron chi connectivity index (χ1n) is 5.88. The van der Waals surface area contributed by atoms with E-state index in [0.717, 1.165) is 6.42 Å². The van der Waals surface area contributed by atoms with Gasteiger partial charge in [0.25, 0.3) is 5.91 Å². The normalized spacial score (nSPS) is 22.8. The number of pyridine rings is 1. The van der Waals surface area contributed by atoms with Crippen LogP contribution >= 0.6 is 11.6 Å². The molecule has 2 atom stereocenters. The number of rotatable bonds is 3. The Morgan fingerprint density at radius 1 is 1.56 bits per heavy atom. The Bertz CT molecular complexity index is 453. The maximum Gasteiger partial charge on any atom is 0.251 e. The van der Waals surface area contributed by atoms with E-state index in [1.165, 1.54) is 0 Å². The second-order valence-electron chi connectivity index (χ2n) is 4.26. The monoisotopic (exact) mass is 269 g/mol. The van der Waals surface area contributed by atoms with E-state index in [4.69, 9.17) is 16.3 Å². The molecule has 1 saturated heterocycles. The molecule has 6 heteroatoms. The van der Waals surface area contributed by atoms with Crippen molar-refractivity contribution in [3.8, 4) is 0 Å². The van der Waals surface area contributed by atoms with Gasteiger partial charge in [-0.15, -0.1) is 0 Å². The summed E-state index contributed by atoms with van der Waals surface area (Å²) in [4.78, 5) is 16.1. The summed E-state index contributed by atoms with van der Waals surface area (Å²) in [6.07, 6.45) is 0.889. The van der Waals surface area contributed by atoms with Crippen molar-refractivity contribution in [3.05, 3.63) is 22.8 Å². The summed E-state index contributed by atoms with van der Waals surface area (Å²) in [6.45, 7) is 2.64. The highest BCUT2D eigenvalue weighted by atomic mass is 35.5. The molecule has 0 radical (unpaired) electrons. The lowest BCUT2D eigenvalue weighted by Crippen LogP contribution is -2.39. The van der Waals surface area contributed by atoms with Gasteiger partial charge < -0.3 is 15.4 Å². The van der Waals surface area contributed by atoms with E-state index in [0.29, 0.717) is 23.1 Å². The zero-order valence-corrected chi connectivity index (χ0v) is 11.1. The molecule has 0 saturated carbocycles. The molecular formula is C12H16ClN3O2. The first-order chi connectivity index (χ1) is 8.60. The molecule has 18 heavy (non-hydrogen) atoms. The molecule has 0 aliphatic carbocycles. The molecule has 2 rings (SSSR count). The molecule has 2 N–H and O–H groups in total. The molecule has 0 aromatic carbocycles. The Hall–Kier alpha value is -1.33. The number of hydrogen-bond acceptors (Lipinski definition) is 4. The van der Waals surface area contributed by atoms with Crippen LogP contribution in [0, 0.1) is 0 Å². The van der Waals surface area contributed by atoms with E-state index in [1.54, 1.807) is 19.2 Å². The van der Waals surface area contributed by atoms with Gasteiger partial charge in [0.05, 0.1) is 12.1 Å². The second-order valence-corrected chi connectivity index (χ2v) is 4.65. The molecular weight excluding hydrogens is 254 g/mol. The molecule has 2 heterocycles. The Morgan fingerprint density at radius 3 is 2.94 bits per heavy atom. The number of nitrogens with one attached hydrogen (secondary N) is 2. The number of ether oxygens (including phenoxy) is 1. The van der Waals surface area contributed by atoms with E-state index in [-0.39, 0.29) is 18.1 Å². The predicted octanol–water partition coefficient (Wildman–Crippen LogP) is 1.68. The van der Waals surface area contributed by atoms with E-state index in [9.17, 15) is 4.79 Å². The van der Waals surface area contributed by atoms with Gasteiger partial charge in [0.1, 0.15) is 11.0 Å². The van der Waals surface area contributed by atoms with Gasteiger partial charge in [-0.3, -0.25) is 4.79 Å². The number of carbonyl (C=O) groups is 1. The minimum atomic E-state index is -0.154. The number of aromatic nitrogens is 1. The first-order valence-corrected chi connectivity index (χ1v) is 6.25. The van der Waals surface area contributed by atoms with Gasteiger partial charge in [0, 0.05) is 19.2 Å². The summed E-state index contributed by atoms with van der Waals surface area (Å²) in [5.41, 5.74) is 0.499. The number of carbonyl (C=O) groups excluding carboxylic acids is 1. The van der Waals surface area contributed by atoms with E-state index in [2.05, 4.69) is 15.6 Å².